The summed E-state index contributed by atoms with van der Waals surface area (Å²) in [5, 5.41) is 7.10. The van der Waals surface area contributed by atoms with Crippen LogP contribution < -0.4 is 10.6 Å². The number of rotatable bonds is 0. The van der Waals surface area contributed by atoms with Crippen LogP contribution in [0, 0.1) is 12.8 Å². The number of hydrogen-bond acceptors (Lipinski definition) is 2. The second kappa shape index (κ2) is 3.49. The zero-order valence-electron chi connectivity index (χ0n) is 10.1. The molecular weight excluding hydrogens is 196 g/mol. The summed E-state index contributed by atoms with van der Waals surface area (Å²) in [6, 6.07) is 6.88. The zero-order valence-corrected chi connectivity index (χ0v) is 10.1. The maximum Gasteiger partial charge on any atom is 0.0382 e. The van der Waals surface area contributed by atoms with E-state index in [-0.39, 0.29) is 0 Å². The normalized spacial score (nSPS) is 32.5. The number of nitrogens with one attached hydrogen (secondary N) is 2. The fourth-order valence-corrected chi connectivity index (χ4v) is 3.32. The van der Waals surface area contributed by atoms with E-state index in [0.717, 1.165) is 25.6 Å². The summed E-state index contributed by atoms with van der Waals surface area (Å²) in [6.45, 7) is 7.96. The molecule has 3 rings (SSSR count). The molecule has 2 aliphatic heterocycles. The minimum absolute atomic E-state index is 0.383. The summed E-state index contributed by atoms with van der Waals surface area (Å²) in [7, 11) is 0. The molecule has 0 unspecified atom stereocenters. The van der Waals surface area contributed by atoms with Gasteiger partial charge in [-0.15, -0.1) is 0 Å². The molecule has 86 valence electrons. The molecule has 1 spiro atoms. The molecule has 2 N–H and O–H groups in total. The molecule has 2 heterocycles. The Morgan fingerprint density at radius 3 is 3.06 bits per heavy atom. The molecule has 1 fully saturated rings. The Labute approximate surface area is 97.4 Å². The summed E-state index contributed by atoms with van der Waals surface area (Å²) in [4.78, 5) is 0. The first-order chi connectivity index (χ1) is 7.72. The van der Waals surface area contributed by atoms with Crippen molar-refractivity contribution >= 4 is 5.69 Å². The summed E-state index contributed by atoms with van der Waals surface area (Å²) < 4.78 is 0. The van der Waals surface area contributed by atoms with Gasteiger partial charge in [0.2, 0.25) is 0 Å². The third kappa shape index (κ3) is 1.29. The maximum atomic E-state index is 3.60. The molecular formula is C14H20N2. The number of anilines is 1. The van der Waals surface area contributed by atoms with Gasteiger partial charge in [0.25, 0.3) is 0 Å². The van der Waals surface area contributed by atoms with Gasteiger partial charge >= 0.3 is 0 Å². The molecule has 2 aliphatic rings. The number of piperidine rings is 1. The molecule has 0 saturated carbocycles. The van der Waals surface area contributed by atoms with Crippen molar-refractivity contribution in [2.45, 2.75) is 25.7 Å². The molecule has 0 aromatic heterocycles. The highest BCUT2D eigenvalue weighted by Crippen LogP contribution is 2.45. The van der Waals surface area contributed by atoms with Crippen molar-refractivity contribution in [2.24, 2.45) is 5.92 Å². The molecule has 2 heteroatoms. The highest BCUT2D eigenvalue weighted by molar-refractivity contribution is 5.62. The van der Waals surface area contributed by atoms with Crippen LogP contribution in [0.15, 0.2) is 18.2 Å². The first kappa shape index (κ1) is 10.2. The fourth-order valence-electron chi connectivity index (χ4n) is 3.32. The Balaban J connectivity index is 2.06. The standard InChI is InChI=1S/C14H20N2/c1-10-3-4-12-13(7-10)16-9-14(12)5-6-15-8-11(14)2/h3-4,7,11,15-16H,5-6,8-9H2,1-2H3/t11-,14+/m0/s1. The van der Waals surface area contributed by atoms with Crippen molar-refractivity contribution in [1.29, 1.82) is 0 Å². The average Bonchev–Trinajstić information content (AvgIpc) is 2.62. The lowest BCUT2D eigenvalue weighted by atomic mass is 9.68. The molecule has 0 amide bonds. The van der Waals surface area contributed by atoms with Gasteiger partial charge in [0.15, 0.2) is 0 Å². The third-order valence-corrected chi connectivity index (χ3v) is 4.45. The second-order valence-corrected chi connectivity index (χ2v) is 5.41. The topological polar surface area (TPSA) is 24.1 Å². The Kier molecular flexibility index (Phi) is 2.21. The Hall–Kier alpha value is -1.02. The minimum atomic E-state index is 0.383. The second-order valence-electron chi connectivity index (χ2n) is 5.41. The lowest BCUT2D eigenvalue weighted by Crippen LogP contribution is -2.48. The van der Waals surface area contributed by atoms with Gasteiger partial charge in [-0.1, -0.05) is 19.1 Å². The van der Waals surface area contributed by atoms with E-state index in [1.807, 2.05) is 0 Å². The Morgan fingerprint density at radius 1 is 1.38 bits per heavy atom. The van der Waals surface area contributed by atoms with Crippen LogP contribution in [0.4, 0.5) is 5.69 Å². The number of fused-ring (bicyclic) bond motifs is 2. The van der Waals surface area contributed by atoms with Crippen molar-refractivity contribution in [3.63, 3.8) is 0 Å². The third-order valence-electron chi connectivity index (χ3n) is 4.45. The Bertz CT molecular complexity index is 413. The smallest absolute Gasteiger partial charge is 0.0382 e. The summed E-state index contributed by atoms with van der Waals surface area (Å²) in [6.07, 6.45) is 1.26. The highest BCUT2D eigenvalue weighted by Gasteiger charge is 2.44. The zero-order chi connectivity index (χ0) is 11.2. The number of hydrogen-bond donors (Lipinski definition) is 2. The van der Waals surface area contributed by atoms with E-state index in [4.69, 9.17) is 0 Å². The van der Waals surface area contributed by atoms with Crippen molar-refractivity contribution in [3.8, 4) is 0 Å². The van der Waals surface area contributed by atoms with Crippen molar-refractivity contribution in [1.82, 2.24) is 5.32 Å². The monoisotopic (exact) mass is 216 g/mol. The largest absolute Gasteiger partial charge is 0.384 e. The molecule has 2 nitrogen and oxygen atoms in total. The lowest BCUT2D eigenvalue weighted by molar-refractivity contribution is 0.238. The molecule has 1 aromatic rings. The molecule has 1 aromatic carbocycles. The van der Waals surface area contributed by atoms with E-state index >= 15 is 0 Å². The number of aryl methyl sites for hydroxylation is 1. The van der Waals surface area contributed by atoms with Crippen LogP contribution in [0.5, 0.6) is 0 Å². The predicted octanol–water partition coefficient (Wildman–Crippen LogP) is 2.29. The van der Waals surface area contributed by atoms with E-state index in [2.05, 4.69) is 42.7 Å². The van der Waals surface area contributed by atoms with Gasteiger partial charge in [-0.3, -0.25) is 0 Å². The number of benzene rings is 1. The predicted molar refractivity (Wildman–Crippen MR) is 68.0 cm³/mol. The van der Waals surface area contributed by atoms with Crippen LogP contribution in [0.25, 0.3) is 0 Å². The van der Waals surface area contributed by atoms with E-state index in [0.29, 0.717) is 5.41 Å². The molecule has 0 aliphatic carbocycles. The average molecular weight is 216 g/mol. The Morgan fingerprint density at radius 2 is 2.25 bits per heavy atom. The van der Waals surface area contributed by atoms with Crippen LogP contribution in [-0.2, 0) is 5.41 Å². The van der Waals surface area contributed by atoms with Crippen LogP contribution in [0.3, 0.4) is 0 Å². The van der Waals surface area contributed by atoms with Crippen molar-refractivity contribution in [2.75, 3.05) is 25.0 Å². The van der Waals surface area contributed by atoms with Crippen LogP contribution >= 0.6 is 0 Å². The summed E-state index contributed by atoms with van der Waals surface area (Å²) >= 11 is 0. The molecule has 0 bridgehead atoms. The van der Waals surface area contributed by atoms with Crippen molar-refractivity contribution < 1.29 is 0 Å². The van der Waals surface area contributed by atoms with E-state index in [1.165, 1.54) is 17.7 Å². The van der Waals surface area contributed by atoms with E-state index in [1.54, 1.807) is 5.56 Å². The van der Waals surface area contributed by atoms with Gasteiger partial charge in [0.05, 0.1) is 0 Å². The minimum Gasteiger partial charge on any atom is -0.384 e. The van der Waals surface area contributed by atoms with Gasteiger partial charge in [0, 0.05) is 17.6 Å². The lowest BCUT2D eigenvalue weighted by Gasteiger charge is -2.40. The summed E-state index contributed by atoms with van der Waals surface area (Å²) in [5.74, 6) is 0.720. The van der Waals surface area contributed by atoms with Crippen LogP contribution in [0.1, 0.15) is 24.5 Å². The van der Waals surface area contributed by atoms with Crippen LogP contribution in [-0.4, -0.2) is 19.6 Å². The molecule has 1 saturated heterocycles. The molecule has 0 radical (unpaired) electrons. The van der Waals surface area contributed by atoms with E-state index < -0.39 is 0 Å². The van der Waals surface area contributed by atoms with Gasteiger partial charge in [0.1, 0.15) is 0 Å². The summed E-state index contributed by atoms with van der Waals surface area (Å²) in [5.41, 5.74) is 4.65. The quantitative estimate of drug-likeness (QED) is 0.695. The SMILES string of the molecule is Cc1ccc2c(c1)NC[C@@]21CCNC[C@@H]1C. The maximum absolute atomic E-state index is 3.60. The molecule has 2 atom stereocenters. The fraction of sp³-hybridized carbons (Fsp3) is 0.571. The molecule has 16 heavy (non-hydrogen) atoms. The highest BCUT2D eigenvalue weighted by atomic mass is 15.0. The first-order valence-electron chi connectivity index (χ1n) is 6.28. The van der Waals surface area contributed by atoms with Gasteiger partial charge < -0.3 is 10.6 Å². The van der Waals surface area contributed by atoms with Gasteiger partial charge in [-0.05, 0) is 49.5 Å². The van der Waals surface area contributed by atoms with Gasteiger partial charge in [-0.25, -0.2) is 0 Å². The first-order valence-corrected chi connectivity index (χ1v) is 6.28. The van der Waals surface area contributed by atoms with E-state index in [9.17, 15) is 0 Å². The van der Waals surface area contributed by atoms with Crippen molar-refractivity contribution in [3.05, 3.63) is 29.3 Å². The van der Waals surface area contributed by atoms with Crippen LogP contribution in [0.2, 0.25) is 0 Å². The van der Waals surface area contributed by atoms with Gasteiger partial charge in [-0.2, -0.15) is 0 Å².